The molecule has 0 aromatic carbocycles. The third-order valence-electron chi connectivity index (χ3n) is 2.65. The Morgan fingerprint density at radius 1 is 1.17 bits per heavy atom. The zero-order chi connectivity index (χ0) is 14.0. The normalized spacial score (nSPS) is 13.7. The molecule has 0 bridgehead atoms. The van der Waals surface area contributed by atoms with Gasteiger partial charge in [-0.15, -0.1) is 0 Å². The Morgan fingerprint density at radius 3 is 2.33 bits per heavy atom. The number of aliphatic carboxylic acids is 1. The van der Waals surface area contributed by atoms with Gasteiger partial charge in [0.1, 0.15) is 0 Å². The fourth-order valence-electron chi connectivity index (χ4n) is 1.56. The first kappa shape index (κ1) is 16.7. The molecule has 6 heteroatoms. The van der Waals surface area contributed by atoms with Gasteiger partial charge in [0.2, 0.25) is 0 Å². The quantitative estimate of drug-likeness (QED) is 0.466. The van der Waals surface area contributed by atoms with Gasteiger partial charge in [-0.2, -0.15) is 0 Å². The van der Waals surface area contributed by atoms with Crippen molar-refractivity contribution in [3.05, 3.63) is 0 Å². The van der Waals surface area contributed by atoms with Crippen molar-refractivity contribution in [2.24, 2.45) is 0 Å². The van der Waals surface area contributed by atoms with Gasteiger partial charge in [0.25, 0.3) is 0 Å². The predicted octanol–water partition coefficient (Wildman–Crippen LogP) is 1.09. The SMILES string of the molecule is CCCCCCC(C)NC(=O)N[C@@H](CO)C(=O)O. The third-order valence-corrected chi connectivity index (χ3v) is 2.65. The number of carbonyl (C=O) groups is 2. The minimum Gasteiger partial charge on any atom is -0.480 e. The molecule has 0 aromatic heterocycles. The van der Waals surface area contributed by atoms with Gasteiger partial charge >= 0.3 is 12.0 Å². The van der Waals surface area contributed by atoms with E-state index in [1.807, 2.05) is 6.92 Å². The van der Waals surface area contributed by atoms with Crippen LogP contribution in [0.15, 0.2) is 0 Å². The van der Waals surface area contributed by atoms with Crippen LogP contribution in [0.25, 0.3) is 0 Å². The summed E-state index contributed by atoms with van der Waals surface area (Å²) >= 11 is 0. The van der Waals surface area contributed by atoms with Crippen LogP contribution in [0.4, 0.5) is 4.79 Å². The molecule has 0 spiro atoms. The molecule has 2 amide bonds. The van der Waals surface area contributed by atoms with E-state index in [9.17, 15) is 9.59 Å². The molecule has 0 aliphatic heterocycles. The number of hydrogen-bond acceptors (Lipinski definition) is 3. The number of unbranched alkanes of at least 4 members (excludes halogenated alkanes) is 3. The lowest BCUT2D eigenvalue weighted by Crippen LogP contribution is -2.49. The Kier molecular flexibility index (Phi) is 9.00. The number of urea groups is 1. The lowest BCUT2D eigenvalue weighted by molar-refractivity contribution is -0.140. The van der Waals surface area contributed by atoms with E-state index >= 15 is 0 Å². The van der Waals surface area contributed by atoms with Crippen LogP contribution in [0.3, 0.4) is 0 Å². The van der Waals surface area contributed by atoms with Crippen molar-refractivity contribution in [2.75, 3.05) is 6.61 Å². The van der Waals surface area contributed by atoms with Crippen LogP contribution in [0.5, 0.6) is 0 Å². The summed E-state index contributed by atoms with van der Waals surface area (Å²) in [5.41, 5.74) is 0. The number of carboxylic acids is 1. The average Bonchev–Trinajstić information content (AvgIpc) is 2.31. The van der Waals surface area contributed by atoms with E-state index in [1.54, 1.807) is 0 Å². The van der Waals surface area contributed by atoms with Crippen LogP contribution in [-0.4, -0.2) is 40.9 Å². The van der Waals surface area contributed by atoms with Crippen molar-refractivity contribution in [2.45, 2.75) is 58.0 Å². The monoisotopic (exact) mass is 260 g/mol. The Bertz CT molecular complexity index is 258. The van der Waals surface area contributed by atoms with E-state index in [0.717, 1.165) is 19.3 Å². The van der Waals surface area contributed by atoms with Crippen LogP contribution in [-0.2, 0) is 4.79 Å². The minimum absolute atomic E-state index is 0.00464. The fourth-order valence-corrected chi connectivity index (χ4v) is 1.56. The van der Waals surface area contributed by atoms with E-state index in [2.05, 4.69) is 17.6 Å². The van der Waals surface area contributed by atoms with Crippen LogP contribution in [0.2, 0.25) is 0 Å². The summed E-state index contributed by atoms with van der Waals surface area (Å²) in [4.78, 5) is 22.0. The van der Waals surface area contributed by atoms with E-state index in [1.165, 1.54) is 12.8 Å². The second-order valence-corrected chi connectivity index (χ2v) is 4.44. The highest BCUT2D eigenvalue weighted by Gasteiger charge is 2.19. The van der Waals surface area contributed by atoms with Gasteiger partial charge in [0.15, 0.2) is 6.04 Å². The summed E-state index contributed by atoms with van der Waals surface area (Å²) in [6.45, 7) is 3.39. The molecule has 4 N–H and O–H groups in total. The van der Waals surface area contributed by atoms with Gasteiger partial charge in [0, 0.05) is 6.04 Å². The summed E-state index contributed by atoms with van der Waals surface area (Å²) < 4.78 is 0. The number of aliphatic hydroxyl groups is 1. The molecule has 18 heavy (non-hydrogen) atoms. The topological polar surface area (TPSA) is 98.7 Å². The molecule has 0 saturated carbocycles. The molecule has 0 aromatic rings. The number of hydrogen-bond donors (Lipinski definition) is 4. The molecule has 0 aliphatic rings. The summed E-state index contributed by atoms with van der Waals surface area (Å²) in [5, 5.41) is 22.3. The lowest BCUT2D eigenvalue weighted by Gasteiger charge is -2.17. The first-order chi connectivity index (χ1) is 8.51. The van der Waals surface area contributed by atoms with E-state index in [4.69, 9.17) is 10.2 Å². The average molecular weight is 260 g/mol. The molecule has 1 unspecified atom stereocenters. The smallest absolute Gasteiger partial charge is 0.328 e. The lowest BCUT2D eigenvalue weighted by atomic mass is 10.1. The molecule has 0 heterocycles. The van der Waals surface area contributed by atoms with Crippen LogP contribution in [0.1, 0.15) is 46.0 Å². The largest absolute Gasteiger partial charge is 0.480 e. The van der Waals surface area contributed by atoms with Gasteiger partial charge < -0.3 is 20.8 Å². The Hall–Kier alpha value is -1.30. The van der Waals surface area contributed by atoms with Crippen molar-refractivity contribution >= 4 is 12.0 Å². The highest BCUT2D eigenvalue weighted by Crippen LogP contribution is 2.05. The number of carboxylic acid groups (broad SMARTS) is 1. The molecule has 0 rings (SSSR count). The number of amides is 2. The molecule has 6 nitrogen and oxygen atoms in total. The number of carbonyl (C=O) groups excluding carboxylic acids is 1. The first-order valence-corrected chi connectivity index (χ1v) is 6.42. The van der Waals surface area contributed by atoms with Crippen molar-refractivity contribution in [3.63, 3.8) is 0 Å². The maximum absolute atomic E-state index is 11.4. The van der Waals surface area contributed by atoms with Crippen molar-refractivity contribution in [1.82, 2.24) is 10.6 Å². The molecule has 0 radical (unpaired) electrons. The van der Waals surface area contributed by atoms with Gasteiger partial charge in [-0.1, -0.05) is 32.6 Å². The molecule has 106 valence electrons. The molecule has 0 saturated heterocycles. The predicted molar refractivity (Wildman–Crippen MR) is 68.4 cm³/mol. The van der Waals surface area contributed by atoms with Gasteiger partial charge in [-0.25, -0.2) is 9.59 Å². The Morgan fingerprint density at radius 2 is 1.83 bits per heavy atom. The van der Waals surface area contributed by atoms with Crippen LogP contribution >= 0.6 is 0 Å². The second kappa shape index (κ2) is 9.70. The summed E-state index contributed by atoms with van der Waals surface area (Å²) in [7, 11) is 0. The van der Waals surface area contributed by atoms with Crippen molar-refractivity contribution < 1.29 is 19.8 Å². The highest BCUT2D eigenvalue weighted by molar-refractivity contribution is 5.82. The van der Waals surface area contributed by atoms with Gasteiger partial charge in [0.05, 0.1) is 6.61 Å². The minimum atomic E-state index is -1.25. The number of rotatable bonds is 9. The Balaban J connectivity index is 3.82. The maximum atomic E-state index is 11.4. The zero-order valence-electron chi connectivity index (χ0n) is 11.1. The van der Waals surface area contributed by atoms with E-state index in [0.29, 0.717) is 0 Å². The summed E-state index contributed by atoms with van der Waals surface area (Å²) in [6, 6.07) is -1.81. The maximum Gasteiger partial charge on any atom is 0.328 e. The van der Waals surface area contributed by atoms with E-state index < -0.39 is 24.6 Å². The summed E-state index contributed by atoms with van der Waals surface area (Å²) in [5.74, 6) is -1.25. The number of aliphatic hydroxyl groups excluding tert-OH is 1. The second-order valence-electron chi connectivity index (χ2n) is 4.44. The van der Waals surface area contributed by atoms with E-state index in [-0.39, 0.29) is 6.04 Å². The summed E-state index contributed by atoms with van der Waals surface area (Å²) in [6.07, 6.45) is 5.39. The molecular weight excluding hydrogens is 236 g/mol. The standard InChI is InChI=1S/C12H24N2O4/c1-3-4-5-6-7-9(2)13-12(18)14-10(8-15)11(16)17/h9-10,15H,3-8H2,1-2H3,(H,16,17)(H2,13,14,18)/t9?,10-/m0/s1. The van der Waals surface area contributed by atoms with Crippen LogP contribution in [0, 0.1) is 0 Å². The zero-order valence-corrected chi connectivity index (χ0v) is 11.1. The van der Waals surface area contributed by atoms with Gasteiger partial charge in [-0.05, 0) is 13.3 Å². The van der Waals surface area contributed by atoms with Gasteiger partial charge in [-0.3, -0.25) is 0 Å². The number of nitrogens with one attached hydrogen (secondary N) is 2. The van der Waals surface area contributed by atoms with Crippen molar-refractivity contribution in [1.29, 1.82) is 0 Å². The van der Waals surface area contributed by atoms with Crippen molar-refractivity contribution in [3.8, 4) is 0 Å². The Labute approximate surface area is 108 Å². The fraction of sp³-hybridized carbons (Fsp3) is 0.833. The molecule has 2 atom stereocenters. The highest BCUT2D eigenvalue weighted by atomic mass is 16.4. The third kappa shape index (κ3) is 7.89. The molecule has 0 aliphatic carbocycles. The van der Waals surface area contributed by atoms with Crippen LogP contribution < -0.4 is 10.6 Å². The molecular formula is C12H24N2O4. The first-order valence-electron chi connectivity index (χ1n) is 6.42. The molecule has 0 fully saturated rings.